The minimum Gasteiger partial charge on any atom is -0.393 e. The number of nitrogens with one attached hydrogen (secondary N) is 2. The van der Waals surface area contributed by atoms with Gasteiger partial charge in [0.25, 0.3) is 5.69 Å². The van der Waals surface area contributed by atoms with Crippen molar-refractivity contribution < 1.29 is 4.92 Å². The maximum absolute atomic E-state index is 11.2. The lowest BCUT2D eigenvalue weighted by molar-refractivity contribution is -0.383. The van der Waals surface area contributed by atoms with Crippen LogP contribution in [0.25, 0.3) is 0 Å². The summed E-state index contributed by atoms with van der Waals surface area (Å²) < 4.78 is 0. The zero-order valence-electron chi connectivity index (χ0n) is 17.8. The fourth-order valence-corrected chi connectivity index (χ4v) is 3.52. The summed E-state index contributed by atoms with van der Waals surface area (Å²) in [4.78, 5) is 22.2. The normalized spacial score (nSPS) is 15.2. The second kappa shape index (κ2) is 12.5. The summed E-state index contributed by atoms with van der Waals surface area (Å²) in [6.07, 6.45) is 4.07. The number of nitro groups is 1. The molecule has 2 aromatic rings. The van der Waals surface area contributed by atoms with Crippen LogP contribution in [0.3, 0.4) is 0 Å². The van der Waals surface area contributed by atoms with Crippen LogP contribution in [0.15, 0.2) is 24.3 Å². The Balaban J connectivity index is 0.00000240. The van der Waals surface area contributed by atoms with Crippen LogP contribution in [-0.4, -0.2) is 40.6 Å². The minimum atomic E-state index is -0.491. The van der Waals surface area contributed by atoms with E-state index in [9.17, 15) is 10.1 Å². The predicted octanol–water partition coefficient (Wildman–Crippen LogP) is 4.09. The van der Waals surface area contributed by atoms with E-state index in [0.29, 0.717) is 17.7 Å². The van der Waals surface area contributed by atoms with Gasteiger partial charge in [-0.25, -0.2) is 4.98 Å². The van der Waals surface area contributed by atoms with Crippen LogP contribution in [0, 0.1) is 10.1 Å². The molecule has 11 heteroatoms. The number of anilines is 4. The predicted molar refractivity (Wildman–Crippen MR) is 130 cm³/mol. The zero-order valence-corrected chi connectivity index (χ0v) is 19.5. The molecule has 1 saturated heterocycles. The van der Waals surface area contributed by atoms with Crippen molar-refractivity contribution in [3.05, 3.63) is 40.1 Å². The maximum Gasteiger partial charge on any atom is 0.294 e. The molecule has 0 unspecified atom stereocenters. The Morgan fingerprint density at radius 3 is 2.71 bits per heavy atom. The molecule has 0 radical (unpaired) electrons. The number of nitro benzene ring substituents is 1. The van der Waals surface area contributed by atoms with Gasteiger partial charge in [-0.2, -0.15) is 4.98 Å². The standard InChI is InChI=1S/C20H29N7O2.2ClH/c1-3-5-6-14-12-19(26-10-9-16(13-26)22-4-2)25-20(23-14)24-15-7-8-17(21)18(11-15)27(28)29;;/h7-8,11-12,16,22H,3-6,9-10,13,21H2,1-2H3,(H,23,24,25);2*1H/t16-;;/m0../s1. The lowest BCUT2D eigenvalue weighted by Crippen LogP contribution is -2.32. The van der Waals surface area contributed by atoms with Gasteiger partial charge in [0.1, 0.15) is 11.5 Å². The zero-order chi connectivity index (χ0) is 20.8. The molecule has 0 spiro atoms. The number of nitrogens with two attached hydrogens (primary N) is 1. The highest BCUT2D eigenvalue weighted by Gasteiger charge is 2.23. The Kier molecular flexibility index (Phi) is 10.7. The first-order valence-corrected chi connectivity index (χ1v) is 10.2. The van der Waals surface area contributed by atoms with E-state index >= 15 is 0 Å². The van der Waals surface area contributed by atoms with Crippen molar-refractivity contribution in [3.63, 3.8) is 0 Å². The van der Waals surface area contributed by atoms with Crippen LogP contribution in [0.2, 0.25) is 0 Å². The molecule has 172 valence electrons. The van der Waals surface area contributed by atoms with Crippen LogP contribution in [0.1, 0.15) is 38.8 Å². The maximum atomic E-state index is 11.2. The minimum absolute atomic E-state index is 0. The van der Waals surface area contributed by atoms with Crippen LogP contribution in [0.5, 0.6) is 0 Å². The fourth-order valence-electron chi connectivity index (χ4n) is 3.52. The van der Waals surface area contributed by atoms with E-state index in [1.165, 1.54) is 12.1 Å². The van der Waals surface area contributed by atoms with Gasteiger partial charge in [-0.3, -0.25) is 10.1 Å². The molecule has 0 saturated carbocycles. The van der Waals surface area contributed by atoms with E-state index in [-0.39, 0.29) is 36.2 Å². The van der Waals surface area contributed by atoms with Crippen LogP contribution >= 0.6 is 24.8 Å². The first-order valence-electron chi connectivity index (χ1n) is 10.2. The third-order valence-corrected chi connectivity index (χ3v) is 5.04. The van der Waals surface area contributed by atoms with E-state index < -0.39 is 4.92 Å². The van der Waals surface area contributed by atoms with Crippen LogP contribution in [-0.2, 0) is 6.42 Å². The molecule has 9 nitrogen and oxygen atoms in total. The number of nitrogens with zero attached hydrogens (tertiary/aromatic N) is 4. The molecule has 0 bridgehead atoms. The van der Waals surface area contributed by atoms with Gasteiger partial charge in [-0.1, -0.05) is 20.3 Å². The molecule has 3 rings (SSSR count). The van der Waals surface area contributed by atoms with Gasteiger partial charge in [-0.15, -0.1) is 24.8 Å². The third kappa shape index (κ3) is 7.09. The molecule has 0 aliphatic carbocycles. The number of aryl methyl sites for hydroxylation is 1. The Bertz CT molecular complexity index is 869. The molecule has 1 aliphatic rings. The lowest BCUT2D eigenvalue weighted by Gasteiger charge is -2.19. The van der Waals surface area contributed by atoms with Crippen molar-refractivity contribution in [2.24, 2.45) is 0 Å². The van der Waals surface area contributed by atoms with E-state index in [1.807, 2.05) is 0 Å². The first kappa shape index (κ1) is 26.7. The van der Waals surface area contributed by atoms with Crippen LogP contribution < -0.4 is 21.3 Å². The van der Waals surface area contributed by atoms with Crippen molar-refractivity contribution in [2.45, 2.75) is 45.6 Å². The highest BCUT2D eigenvalue weighted by atomic mass is 35.5. The average molecular weight is 472 g/mol. The fraction of sp³-hybridized carbons (Fsp3) is 0.500. The number of rotatable bonds is 9. The smallest absolute Gasteiger partial charge is 0.294 e. The summed E-state index contributed by atoms with van der Waals surface area (Å²) in [6.45, 7) is 7.06. The monoisotopic (exact) mass is 471 g/mol. The van der Waals surface area contributed by atoms with Gasteiger partial charge in [-0.05, 0) is 37.9 Å². The molecule has 31 heavy (non-hydrogen) atoms. The second-order valence-corrected chi connectivity index (χ2v) is 7.29. The summed E-state index contributed by atoms with van der Waals surface area (Å²) in [6, 6.07) is 7.14. The number of aromatic nitrogens is 2. The van der Waals surface area contributed by atoms with Crippen LogP contribution in [0.4, 0.5) is 28.8 Å². The highest BCUT2D eigenvalue weighted by Crippen LogP contribution is 2.28. The Hall–Kier alpha value is -2.36. The summed E-state index contributed by atoms with van der Waals surface area (Å²) >= 11 is 0. The van der Waals surface area contributed by atoms with E-state index in [0.717, 1.165) is 56.8 Å². The summed E-state index contributed by atoms with van der Waals surface area (Å²) in [5, 5.41) is 17.8. The molecule has 1 fully saturated rings. The van der Waals surface area contributed by atoms with Crippen molar-refractivity contribution >= 4 is 53.6 Å². The molecule has 1 atom stereocenters. The van der Waals surface area contributed by atoms with E-state index in [1.54, 1.807) is 6.07 Å². The van der Waals surface area contributed by atoms with Gasteiger partial charge in [0, 0.05) is 42.6 Å². The number of likely N-dealkylation sites (N-methyl/N-ethyl adjacent to an activating group) is 1. The molecule has 1 aliphatic heterocycles. The van der Waals surface area contributed by atoms with Gasteiger partial charge < -0.3 is 21.3 Å². The largest absolute Gasteiger partial charge is 0.393 e. The number of hydrogen-bond donors (Lipinski definition) is 3. The molecule has 0 amide bonds. The Morgan fingerprint density at radius 1 is 1.26 bits per heavy atom. The Labute approximate surface area is 195 Å². The van der Waals surface area contributed by atoms with Crippen molar-refractivity contribution in [3.8, 4) is 0 Å². The lowest BCUT2D eigenvalue weighted by atomic mass is 10.2. The molecule has 2 heterocycles. The first-order chi connectivity index (χ1) is 14.0. The SMILES string of the molecule is CCCCc1cc(N2CC[C@H](NCC)C2)nc(Nc2ccc(N)c([N+](=O)[O-])c2)n1.Cl.Cl. The van der Waals surface area contributed by atoms with Gasteiger partial charge in [0.2, 0.25) is 5.95 Å². The molecular formula is C20H31Cl2N7O2. The number of hydrogen-bond acceptors (Lipinski definition) is 8. The van der Waals surface area contributed by atoms with E-state index in [2.05, 4.69) is 45.4 Å². The highest BCUT2D eigenvalue weighted by molar-refractivity contribution is 5.85. The topological polar surface area (TPSA) is 122 Å². The number of halogens is 2. The van der Waals surface area contributed by atoms with Gasteiger partial charge >= 0.3 is 0 Å². The molecule has 1 aromatic heterocycles. The molecule has 4 N–H and O–H groups in total. The number of nitrogen functional groups attached to an aromatic ring is 1. The quantitative estimate of drug-likeness (QED) is 0.284. The van der Waals surface area contributed by atoms with Gasteiger partial charge in [0.15, 0.2) is 0 Å². The summed E-state index contributed by atoms with van der Waals surface area (Å²) in [5.41, 5.74) is 7.20. The second-order valence-electron chi connectivity index (χ2n) is 7.29. The van der Waals surface area contributed by atoms with Crippen molar-refractivity contribution in [1.82, 2.24) is 15.3 Å². The average Bonchev–Trinajstić information content (AvgIpc) is 3.16. The molecular weight excluding hydrogens is 441 g/mol. The summed E-state index contributed by atoms with van der Waals surface area (Å²) in [5.74, 6) is 1.33. The van der Waals surface area contributed by atoms with Gasteiger partial charge in [0.05, 0.1) is 4.92 Å². The summed E-state index contributed by atoms with van der Waals surface area (Å²) in [7, 11) is 0. The van der Waals surface area contributed by atoms with Crippen molar-refractivity contribution in [2.75, 3.05) is 35.6 Å². The van der Waals surface area contributed by atoms with E-state index in [4.69, 9.17) is 5.73 Å². The van der Waals surface area contributed by atoms with Crippen molar-refractivity contribution in [1.29, 1.82) is 0 Å². The number of benzene rings is 1. The number of unbranched alkanes of at least 4 members (excludes halogenated alkanes) is 1. The Morgan fingerprint density at radius 2 is 2.03 bits per heavy atom. The molecule has 1 aromatic carbocycles. The third-order valence-electron chi connectivity index (χ3n) is 5.04.